The van der Waals surface area contributed by atoms with E-state index in [9.17, 15) is 9.59 Å². The van der Waals surface area contributed by atoms with Crippen LogP contribution in [0.15, 0.2) is 83.6 Å². The second-order valence-corrected chi connectivity index (χ2v) is 14.8. The molecule has 4 aromatic rings. The number of piperidine rings is 2. The number of nitrogens with one attached hydrogen (secondary N) is 1. The Labute approximate surface area is 303 Å². The summed E-state index contributed by atoms with van der Waals surface area (Å²) in [5.74, 6) is 3.62. The zero-order valence-electron chi connectivity index (χ0n) is 28.9. The third-order valence-electron chi connectivity index (χ3n) is 9.09. The van der Waals surface area contributed by atoms with Crippen LogP contribution in [0.25, 0.3) is 0 Å². The van der Waals surface area contributed by atoms with Gasteiger partial charge in [-0.3, -0.25) is 5.10 Å². The van der Waals surface area contributed by atoms with E-state index in [1.165, 1.54) is 16.8 Å². The summed E-state index contributed by atoms with van der Waals surface area (Å²) in [6.45, 7) is 4.89. The van der Waals surface area contributed by atoms with E-state index in [1.807, 2.05) is 48.1 Å². The van der Waals surface area contributed by atoms with Crippen LogP contribution in [0, 0.1) is 11.8 Å². The maximum atomic E-state index is 12.5. The normalized spacial score (nSPS) is 15.5. The molecule has 0 spiro atoms. The molecule has 14 heteroatoms. The fraction of sp³-hybridized carbons (Fsp3) is 0.472. The fourth-order valence-electron chi connectivity index (χ4n) is 5.99. The molecule has 6 rings (SSSR count). The lowest BCUT2D eigenvalue weighted by atomic mass is 9.93. The molecule has 12 nitrogen and oxygen atoms in total. The molecule has 2 aromatic heterocycles. The van der Waals surface area contributed by atoms with Gasteiger partial charge in [-0.25, -0.2) is 19.6 Å². The third kappa shape index (κ3) is 12.1. The Hall–Kier alpha value is -4.01. The van der Waals surface area contributed by atoms with Crippen molar-refractivity contribution in [3.8, 4) is 5.75 Å². The van der Waals surface area contributed by atoms with Crippen molar-refractivity contribution in [3.63, 3.8) is 0 Å². The summed E-state index contributed by atoms with van der Waals surface area (Å²) in [5, 5.41) is 17.5. The molecular formula is C36H48N8O4S2. The van der Waals surface area contributed by atoms with Gasteiger partial charge in [-0.15, -0.1) is 0 Å². The van der Waals surface area contributed by atoms with Crippen molar-refractivity contribution in [2.75, 3.05) is 45.5 Å². The number of hydrogen-bond donors (Lipinski definition) is 2. The Kier molecular flexibility index (Phi) is 14.5. The average molecular weight is 721 g/mol. The number of benzene rings is 2. The lowest BCUT2D eigenvalue weighted by Crippen LogP contribution is -2.40. The lowest BCUT2D eigenvalue weighted by Gasteiger charge is -2.31. The van der Waals surface area contributed by atoms with Crippen molar-refractivity contribution in [2.45, 2.75) is 54.7 Å². The van der Waals surface area contributed by atoms with Crippen LogP contribution in [0.5, 0.6) is 5.75 Å². The number of hydrogen-bond acceptors (Lipinski definition) is 9. The van der Waals surface area contributed by atoms with Gasteiger partial charge in [0.25, 0.3) is 0 Å². The van der Waals surface area contributed by atoms with Gasteiger partial charge in [0.2, 0.25) is 0 Å². The molecule has 0 radical (unpaired) electrons. The van der Waals surface area contributed by atoms with E-state index in [2.05, 4.69) is 56.4 Å². The lowest BCUT2D eigenvalue weighted by molar-refractivity contribution is 0.120. The van der Waals surface area contributed by atoms with Crippen LogP contribution in [0.1, 0.15) is 43.2 Å². The topological polar surface area (TPSA) is 133 Å². The van der Waals surface area contributed by atoms with Crippen molar-refractivity contribution < 1.29 is 19.4 Å². The predicted molar refractivity (Wildman–Crippen MR) is 196 cm³/mol. The van der Waals surface area contributed by atoms with Gasteiger partial charge in [-0.2, -0.15) is 5.10 Å². The summed E-state index contributed by atoms with van der Waals surface area (Å²) in [7, 11) is 4.13. The Morgan fingerprint density at radius 2 is 1.62 bits per heavy atom. The van der Waals surface area contributed by atoms with Gasteiger partial charge >= 0.3 is 12.2 Å². The summed E-state index contributed by atoms with van der Waals surface area (Å²) in [6, 6.07) is 18.2. The van der Waals surface area contributed by atoms with E-state index in [0.29, 0.717) is 30.7 Å². The van der Waals surface area contributed by atoms with E-state index < -0.39 is 6.09 Å². The number of likely N-dealkylation sites (tertiary alicyclic amines) is 2. The van der Waals surface area contributed by atoms with Gasteiger partial charge in [0.1, 0.15) is 12.1 Å². The van der Waals surface area contributed by atoms with Crippen molar-refractivity contribution in [3.05, 3.63) is 84.4 Å². The summed E-state index contributed by atoms with van der Waals surface area (Å²) >= 11 is 3.36. The van der Waals surface area contributed by atoms with E-state index in [0.717, 1.165) is 85.7 Å². The second-order valence-electron chi connectivity index (χ2n) is 12.9. The Morgan fingerprint density at radius 1 is 0.920 bits per heavy atom. The molecule has 2 aliphatic heterocycles. The molecule has 0 saturated carbocycles. The van der Waals surface area contributed by atoms with Crippen molar-refractivity contribution >= 4 is 35.7 Å². The Bertz CT molecular complexity index is 1570. The van der Waals surface area contributed by atoms with Crippen molar-refractivity contribution in [1.29, 1.82) is 0 Å². The number of carboxylic acid groups (broad SMARTS) is 1. The molecule has 2 fully saturated rings. The van der Waals surface area contributed by atoms with Crippen LogP contribution in [0.4, 0.5) is 9.59 Å². The first-order chi connectivity index (χ1) is 24.3. The molecule has 0 bridgehead atoms. The molecule has 2 aliphatic rings. The van der Waals surface area contributed by atoms with E-state index >= 15 is 0 Å². The fourth-order valence-corrected chi connectivity index (χ4v) is 7.84. The molecule has 2 saturated heterocycles. The highest BCUT2D eigenvalue weighted by Gasteiger charge is 2.25. The van der Waals surface area contributed by atoms with Gasteiger partial charge in [0.05, 0.1) is 0 Å². The molecule has 50 heavy (non-hydrogen) atoms. The van der Waals surface area contributed by atoms with Crippen LogP contribution in [0.2, 0.25) is 0 Å². The average Bonchev–Trinajstić information content (AvgIpc) is 3.82. The SMILES string of the molecule is CN(CCC1CCN(C(=O)O)CC1)Cc1ccccc1.Cn1ccnc1SCc1ccc(OC(=O)N2CCC(CSc3ncn[nH]3)CC2)cc1. The molecule has 268 valence electrons. The number of aryl methyl sites for hydroxylation is 1. The largest absolute Gasteiger partial charge is 0.465 e. The summed E-state index contributed by atoms with van der Waals surface area (Å²) in [6.07, 6.45) is 9.32. The zero-order chi connectivity index (χ0) is 35.1. The predicted octanol–water partition coefficient (Wildman–Crippen LogP) is 6.73. The number of ether oxygens (including phenoxy) is 1. The minimum Gasteiger partial charge on any atom is -0.465 e. The molecular weight excluding hydrogens is 673 g/mol. The number of rotatable bonds is 12. The number of carbonyl (C=O) groups is 2. The number of nitrogens with zero attached hydrogens (tertiary/aromatic N) is 7. The first-order valence-corrected chi connectivity index (χ1v) is 19.1. The maximum absolute atomic E-state index is 12.5. The van der Waals surface area contributed by atoms with Crippen molar-refractivity contribution in [1.82, 2.24) is 39.4 Å². The quantitative estimate of drug-likeness (QED) is 0.152. The first-order valence-electron chi connectivity index (χ1n) is 17.2. The van der Waals surface area contributed by atoms with Crippen LogP contribution in [0.3, 0.4) is 0 Å². The summed E-state index contributed by atoms with van der Waals surface area (Å²) in [5.41, 5.74) is 2.50. The number of thioether (sulfide) groups is 2. The Balaban J connectivity index is 0.000000211. The second kappa shape index (κ2) is 19.4. The van der Waals surface area contributed by atoms with E-state index in [-0.39, 0.29) is 6.09 Å². The minimum atomic E-state index is -0.773. The highest BCUT2D eigenvalue weighted by atomic mass is 32.2. The van der Waals surface area contributed by atoms with Crippen LogP contribution < -0.4 is 4.74 Å². The number of amides is 2. The third-order valence-corrected chi connectivity index (χ3v) is 11.3. The standard InChI is InChI=1S/C20H24N6O2S2.C16H24N2O2/c1-25-11-8-21-19(25)30-13-15-2-4-17(5-3-15)28-20(27)26-9-6-16(7-10-26)12-29-18-22-14-23-24-18;1-17(13-15-5-3-2-4-6-15)10-7-14-8-11-18(12-9-14)16(19)20/h2-5,8,11,14,16H,6-7,9-10,12-13H2,1H3,(H,22,23,24);2-6,14H,7-13H2,1H3,(H,19,20). The van der Waals surface area contributed by atoms with Crippen LogP contribution >= 0.6 is 23.5 Å². The minimum absolute atomic E-state index is 0.272. The number of H-pyrrole nitrogens is 1. The molecule has 4 heterocycles. The van der Waals surface area contributed by atoms with Crippen LogP contribution in [-0.2, 0) is 19.3 Å². The van der Waals surface area contributed by atoms with Gasteiger partial charge in [-0.1, -0.05) is 66.0 Å². The number of aromatic amines is 1. The van der Waals surface area contributed by atoms with Gasteiger partial charge in [0, 0.05) is 63.7 Å². The van der Waals surface area contributed by atoms with Crippen LogP contribution in [-0.4, -0.2) is 102 Å². The Morgan fingerprint density at radius 3 is 2.26 bits per heavy atom. The van der Waals surface area contributed by atoms with Crippen molar-refractivity contribution in [2.24, 2.45) is 18.9 Å². The smallest absolute Gasteiger partial charge is 0.415 e. The van der Waals surface area contributed by atoms with E-state index in [4.69, 9.17) is 9.84 Å². The number of aromatic nitrogens is 5. The van der Waals surface area contributed by atoms with Gasteiger partial charge in [-0.05, 0) is 80.8 Å². The number of carbonyl (C=O) groups excluding carboxylic acids is 1. The first kappa shape index (κ1) is 37.3. The molecule has 0 aliphatic carbocycles. The zero-order valence-corrected chi connectivity index (χ0v) is 30.5. The highest BCUT2D eigenvalue weighted by Crippen LogP contribution is 2.26. The molecule has 2 amide bonds. The van der Waals surface area contributed by atoms with Gasteiger partial charge in [0.15, 0.2) is 10.3 Å². The number of imidazole rings is 1. The molecule has 0 atom stereocenters. The summed E-state index contributed by atoms with van der Waals surface area (Å²) < 4.78 is 7.56. The summed E-state index contributed by atoms with van der Waals surface area (Å²) in [4.78, 5) is 37.4. The molecule has 2 N–H and O–H groups in total. The highest BCUT2D eigenvalue weighted by molar-refractivity contribution is 7.99. The molecule has 2 aromatic carbocycles. The monoisotopic (exact) mass is 720 g/mol. The molecule has 0 unspecified atom stereocenters. The van der Waals surface area contributed by atoms with Gasteiger partial charge < -0.3 is 29.1 Å². The van der Waals surface area contributed by atoms with E-state index in [1.54, 1.807) is 34.6 Å². The maximum Gasteiger partial charge on any atom is 0.415 e.